The van der Waals surface area contributed by atoms with Crippen molar-refractivity contribution in [1.82, 2.24) is 9.88 Å². The lowest BCUT2D eigenvalue weighted by Crippen LogP contribution is -2.29. The van der Waals surface area contributed by atoms with Crippen molar-refractivity contribution in [2.75, 3.05) is 6.54 Å². The van der Waals surface area contributed by atoms with Crippen LogP contribution in [0.2, 0.25) is 0 Å². The number of nitrogens with zero attached hydrogens (tertiary/aromatic N) is 2. The summed E-state index contributed by atoms with van der Waals surface area (Å²) in [6.07, 6.45) is 0.949. The molecule has 1 N–H and O–H groups in total. The van der Waals surface area contributed by atoms with Crippen LogP contribution < -0.4 is 0 Å². The molecule has 6 heteroatoms. The van der Waals surface area contributed by atoms with Crippen molar-refractivity contribution < 1.29 is 4.92 Å². The number of halogens is 1. The van der Waals surface area contributed by atoms with Crippen molar-refractivity contribution in [3.63, 3.8) is 0 Å². The molecule has 4 rings (SSSR count). The van der Waals surface area contributed by atoms with E-state index >= 15 is 0 Å². The maximum atomic E-state index is 11.0. The number of rotatable bonds is 3. The minimum Gasteiger partial charge on any atom is -0.358 e. The summed E-state index contributed by atoms with van der Waals surface area (Å²) in [7, 11) is 0. The van der Waals surface area contributed by atoms with Crippen LogP contribution in [-0.2, 0) is 19.5 Å². The van der Waals surface area contributed by atoms with Crippen LogP contribution >= 0.6 is 12.4 Å². The molecule has 0 saturated heterocycles. The number of hydrogen-bond acceptors (Lipinski definition) is 3. The summed E-state index contributed by atoms with van der Waals surface area (Å²) in [6, 6.07) is 15.5. The molecule has 24 heavy (non-hydrogen) atoms. The second-order valence-corrected chi connectivity index (χ2v) is 6.02. The highest BCUT2D eigenvalue weighted by Crippen LogP contribution is 2.30. The molecule has 3 aromatic rings. The molecule has 124 valence electrons. The third-order valence-corrected chi connectivity index (χ3v) is 4.50. The predicted octanol–water partition coefficient (Wildman–Crippen LogP) is 4.06. The highest BCUT2D eigenvalue weighted by atomic mass is 35.5. The van der Waals surface area contributed by atoms with Gasteiger partial charge in [0.2, 0.25) is 0 Å². The van der Waals surface area contributed by atoms with Gasteiger partial charge in [0.05, 0.1) is 4.92 Å². The third-order valence-electron chi connectivity index (χ3n) is 4.50. The number of aromatic amines is 1. The van der Waals surface area contributed by atoms with E-state index in [1.807, 2.05) is 12.1 Å². The summed E-state index contributed by atoms with van der Waals surface area (Å²) in [6.45, 7) is 2.73. The molecule has 0 radical (unpaired) electrons. The van der Waals surface area contributed by atoms with Crippen LogP contribution in [0.4, 0.5) is 5.69 Å². The molecule has 0 fully saturated rings. The van der Waals surface area contributed by atoms with E-state index in [1.165, 1.54) is 16.8 Å². The minimum atomic E-state index is -0.330. The smallest absolute Gasteiger partial charge is 0.270 e. The van der Waals surface area contributed by atoms with Crippen LogP contribution in [0.25, 0.3) is 10.9 Å². The molecule has 0 atom stereocenters. The molecule has 0 spiro atoms. The first-order chi connectivity index (χ1) is 11.2. The Morgan fingerprint density at radius 2 is 1.96 bits per heavy atom. The molecule has 0 bridgehead atoms. The predicted molar refractivity (Wildman–Crippen MR) is 96.5 cm³/mol. The van der Waals surface area contributed by atoms with Gasteiger partial charge in [0, 0.05) is 54.8 Å². The Labute approximate surface area is 145 Å². The molecule has 1 aliphatic rings. The Balaban J connectivity index is 0.00000169. The fourth-order valence-electron chi connectivity index (χ4n) is 3.35. The van der Waals surface area contributed by atoms with Crippen LogP contribution in [-0.4, -0.2) is 21.4 Å². The first-order valence-electron chi connectivity index (χ1n) is 7.75. The van der Waals surface area contributed by atoms with Gasteiger partial charge in [0.25, 0.3) is 5.69 Å². The number of benzene rings is 2. The lowest BCUT2D eigenvalue weighted by Gasteiger charge is -2.27. The second-order valence-electron chi connectivity index (χ2n) is 6.02. The van der Waals surface area contributed by atoms with E-state index in [4.69, 9.17) is 0 Å². The first kappa shape index (κ1) is 16.5. The fraction of sp³-hybridized carbons (Fsp3) is 0.222. The van der Waals surface area contributed by atoms with Crippen LogP contribution in [0.5, 0.6) is 0 Å². The highest BCUT2D eigenvalue weighted by Gasteiger charge is 2.22. The molecule has 0 aliphatic carbocycles. The average Bonchev–Trinajstić information content (AvgIpc) is 2.93. The number of nitrogens with one attached hydrogen (secondary N) is 1. The zero-order chi connectivity index (χ0) is 15.8. The lowest BCUT2D eigenvalue weighted by atomic mass is 10.0. The van der Waals surface area contributed by atoms with Crippen LogP contribution in [0.1, 0.15) is 16.8 Å². The summed E-state index contributed by atoms with van der Waals surface area (Å²) in [5.74, 6) is 0. The first-order valence-corrected chi connectivity index (χ1v) is 7.75. The van der Waals surface area contributed by atoms with E-state index < -0.39 is 0 Å². The third kappa shape index (κ3) is 3.00. The topological polar surface area (TPSA) is 62.2 Å². The number of fused-ring (bicyclic) bond motifs is 3. The molecule has 0 unspecified atom stereocenters. The fourth-order valence-corrected chi connectivity index (χ4v) is 3.35. The number of nitro benzene ring substituents is 1. The zero-order valence-corrected chi connectivity index (χ0v) is 13.9. The Morgan fingerprint density at radius 1 is 1.17 bits per heavy atom. The normalized spacial score (nSPS) is 14.2. The summed E-state index contributed by atoms with van der Waals surface area (Å²) >= 11 is 0. The van der Waals surface area contributed by atoms with Gasteiger partial charge in [-0.15, -0.1) is 12.4 Å². The van der Waals surface area contributed by atoms with Crippen molar-refractivity contribution in [2.24, 2.45) is 0 Å². The van der Waals surface area contributed by atoms with E-state index in [-0.39, 0.29) is 23.0 Å². The van der Waals surface area contributed by atoms with Gasteiger partial charge in [-0.05, 0) is 17.2 Å². The summed E-state index contributed by atoms with van der Waals surface area (Å²) < 4.78 is 0. The van der Waals surface area contributed by atoms with Crippen LogP contribution in [0.15, 0.2) is 48.5 Å². The molecular formula is C18H18ClN3O2. The number of non-ortho nitro benzene ring substituents is 1. The average molecular weight is 344 g/mol. The maximum Gasteiger partial charge on any atom is 0.270 e. The Bertz CT molecular complexity index is 877. The number of hydrogen-bond donors (Lipinski definition) is 1. The second kappa shape index (κ2) is 6.63. The van der Waals surface area contributed by atoms with Crippen molar-refractivity contribution in [3.05, 3.63) is 75.5 Å². The van der Waals surface area contributed by atoms with Crippen LogP contribution in [0, 0.1) is 10.1 Å². The van der Waals surface area contributed by atoms with Gasteiger partial charge >= 0.3 is 0 Å². The number of H-pyrrole nitrogens is 1. The summed E-state index contributed by atoms with van der Waals surface area (Å²) in [5, 5.41) is 12.0. The van der Waals surface area contributed by atoms with Crippen LogP contribution in [0.3, 0.4) is 0 Å². The molecule has 2 aromatic carbocycles. The molecule has 0 amide bonds. The summed E-state index contributed by atoms with van der Waals surface area (Å²) in [4.78, 5) is 16.5. The molecule has 2 heterocycles. The van der Waals surface area contributed by atoms with E-state index in [0.29, 0.717) is 0 Å². The highest BCUT2D eigenvalue weighted by molar-refractivity contribution is 5.87. The van der Waals surface area contributed by atoms with Gasteiger partial charge < -0.3 is 4.98 Å². The molecule has 0 saturated carbocycles. The molecular weight excluding hydrogens is 326 g/mol. The maximum absolute atomic E-state index is 11.0. The molecule has 1 aliphatic heterocycles. The van der Waals surface area contributed by atoms with Crippen molar-refractivity contribution in [3.8, 4) is 0 Å². The van der Waals surface area contributed by atoms with Crippen molar-refractivity contribution >= 4 is 29.0 Å². The zero-order valence-electron chi connectivity index (χ0n) is 13.1. The van der Waals surface area contributed by atoms with Crippen molar-refractivity contribution in [1.29, 1.82) is 0 Å². The van der Waals surface area contributed by atoms with E-state index in [9.17, 15) is 10.1 Å². The van der Waals surface area contributed by atoms with Gasteiger partial charge in [0.15, 0.2) is 0 Å². The van der Waals surface area contributed by atoms with Gasteiger partial charge in [-0.3, -0.25) is 15.0 Å². The van der Waals surface area contributed by atoms with Crippen molar-refractivity contribution in [2.45, 2.75) is 19.5 Å². The number of nitro groups is 1. The molecule has 5 nitrogen and oxygen atoms in total. The minimum absolute atomic E-state index is 0. The van der Waals surface area contributed by atoms with E-state index in [2.05, 4.69) is 34.1 Å². The van der Waals surface area contributed by atoms with Gasteiger partial charge in [-0.2, -0.15) is 0 Å². The Morgan fingerprint density at radius 3 is 2.71 bits per heavy atom. The van der Waals surface area contributed by atoms with E-state index in [1.54, 1.807) is 12.1 Å². The van der Waals surface area contributed by atoms with Gasteiger partial charge in [0.1, 0.15) is 0 Å². The Kier molecular flexibility index (Phi) is 4.55. The monoisotopic (exact) mass is 343 g/mol. The van der Waals surface area contributed by atoms with E-state index in [0.717, 1.165) is 37.0 Å². The SMILES string of the molecule is Cl.O=[N+]([O-])c1ccc2[nH]c3c(c2c1)CN(Cc1ccccc1)CC3. The lowest BCUT2D eigenvalue weighted by molar-refractivity contribution is -0.384. The number of aromatic nitrogens is 1. The van der Waals surface area contributed by atoms with Gasteiger partial charge in [-0.1, -0.05) is 30.3 Å². The Hall–Kier alpha value is -2.37. The standard InChI is InChI=1S/C18H17N3O2.ClH/c22-21(23)14-6-7-17-15(10-14)16-12-20(9-8-18(16)19-17)11-13-4-2-1-3-5-13;/h1-7,10,19H,8-9,11-12H2;1H. The quantitative estimate of drug-likeness (QED) is 0.576. The largest absolute Gasteiger partial charge is 0.358 e. The van der Waals surface area contributed by atoms with Gasteiger partial charge in [-0.25, -0.2) is 0 Å². The summed E-state index contributed by atoms with van der Waals surface area (Å²) in [5.41, 5.74) is 4.85. The molecule has 1 aromatic heterocycles.